The van der Waals surface area contributed by atoms with Gasteiger partial charge < -0.3 is 15.2 Å². The van der Waals surface area contributed by atoms with Crippen LogP contribution in [0.25, 0.3) is 0 Å². The molecule has 0 heterocycles. The summed E-state index contributed by atoms with van der Waals surface area (Å²) in [5.74, 6) is 1.90. The smallest absolute Gasteiger partial charge is 0.165 e. The molecule has 2 rings (SSSR count). The van der Waals surface area contributed by atoms with Crippen LogP contribution in [0, 0.1) is 0 Å². The van der Waals surface area contributed by atoms with Gasteiger partial charge in [0.25, 0.3) is 0 Å². The Morgan fingerprint density at radius 2 is 2.18 bits per heavy atom. The second-order valence-electron chi connectivity index (χ2n) is 4.48. The van der Waals surface area contributed by atoms with E-state index in [-0.39, 0.29) is 5.92 Å². The minimum atomic E-state index is 0.259. The molecular weight excluding hydrogens is 282 g/mol. The lowest BCUT2D eigenvalue weighted by atomic mass is 10.00. The molecule has 1 atom stereocenters. The zero-order valence-electron chi connectivity index (χ0n) is 10.2. The van der Waals surface area contributed by atoms with Crippen LogP contribution in [0.2, 0.25) is 0 Å². The van der Waals surface area contributed by atoms with Crippen LogP contribution in [-0.2, 0) is 0 Å². The molecule has 94 valence electrons. The molecule has 0 aromatic heterocycles. The highest BCUT2D eigenvalue weighted by atomic mass is 79.9. The topological polar surface area (TPSA) is 44.5 Å². The van der Waals surface area contributed by atoms with E-state index in [4.69, 9.17) is 15.2 Å². The first-order valence-electron chi connectivity index (χ1n) is 5.89. The predicted octanol–water partition coefficient (Wildman–Crippen LogP) is 3.06. The third-order valence-electron chi connectivity index (χ3n) is 2.96. The summed E-state index contributed by atoms with van der Waals surface area (Å²) in [5.41, 5.74) is 6.87. The van der Waals surface area contributed by atoms with Gasteiger partial charge in [-0.1, -0.05) is 22.9 Å². The van der Waals surface area contributed by atoms with Crippen LogP contribution in [0.4, 0.5) is 0 Å². The number of benzene rings is 1. The van der Waals surface area contributed by atoms with Gasteiger partial charge in [0, 0.05) is 10.0 Å². The average molecular weight is 300 g/mol. The first-order chi connectivity index (χ1) is 8.15. The summed E-state index contributed by atoms with van der Waals surface area (Å²) in [6.07, 6.45) is 2.62. The van der Waals surface area contributed by atoms with Gasteiger partial charge in [-0.3, -0.25) is 0 Å². The number of rotatable bonds is 5. The van der Waals surface area contributed by atoms with Crippen LogP contribution in [0.15, 0.2) is 16.6 Å². The van der Waals surface area contributed by atoms with Crippen LogP contribution < -0.4 is 15.2 Å². The van der Waals surface area contributed by atoms with Crippen LogP contribution in [-0.4, -0.2) is 19.8 Å². The highest BCUT2D eigenvalue weighted by Crippen LogP contribution is 2.41. The Kier molecular flexibility index (Phi) is 3.94. The number of methoxy groups -OCH3 is 1. The zero-order chi connectivity index (χ0) is 12.4. The molecule has 0 aliphatic heterocycles. The molecule has 1 unspecified atom stereocenters. The van der Waals surface area contributed by atoms with Crippen molar-refractivity contribution < 1.29 is 9.47 Å². The van der Waals surface area contributed by atoms with E-state index in [0.29, 0.717) is 12.6 Å². The minimum Gasteiger partial charge on any atom is -0.493 e. The van der Waals surface area contributed by atoms with Gasteiger partial charge >= 0.3 is 0 Å². The SMILES string of the molecule is COc1cc(Br)cc(C(C)CN)c1OC1CC1. The quantitative estimate of drug-likeness (QED) is 0.909. The fourth-order valence-electron chi connectivity index (χ4n) is 1.71. The average Bonchev–Trinajstić information content (AvgIpc) is 3.13. The fourth-order valence-corrected chi connectivity index (χ4v) is 2.17. The van der Waals surface area contributed by atoms with E-state index in [1.807, 2.05) is 6.07 Å². The summed E-state index contributed by atoms with van der Waals surface area (Å²) in [6.45, 7) is 2.70. The molecule has 1 aliphatic rings. The van der Waals surface area contributed by atoms with Crippen molar-refractivity contribution in [3.63, 3.8) is 0 Å². The maximum absolute atomic E-state index is 5.96. The van der Waals surface area contributed by atoms with E-state index in [9.17, 15) is 0 Å². The third-order valence-corrected chi connectivity index (χ3v) is 3.42. The second kappa shape index (κ2) is 5.27. The molecule has 0 spiro atoms. The molecule has 0 saturated heterocycles. The second-order valence-corrected chi connectivity index (χ2v) is 5.40. The summed E-state index contributed by atoms with van der Waals surface area (Å²) in [6, 6.07) is 4.00. The first-order valence-corrected chi connectivity index (χ1v) is 6.69. The Morgan fingerprint density at radius 3 is 2.71 bits per heavy atom. The van der Waals surface area contributed by atoms with E-state index in [1.54, 1.807) is 7.11 Å². The molecule has 0 bridgehead atoms. The van der Waals surface area contributed by atoms with E-state index in [2.05, 4.69) is 28.9 Å². The van der Waals surface area contributed by atoms with Crippen molar-refractivity contribution in [3.8, 4) is 11.5 Å². The Bertz CT molecular complexity index is 405. The fraction of sp³-hybridized carbons (Fsp3) is 0.538. The van der Waals surface area contributed by atoms with Gasteiger partial charge in [0.2, 0.25) is 0 Å². The highest BCUT2D eigenvalue weighted by Gasteiger charge is 2.27. The molecule has 1 aliphatic carbocycles. The predicted molar refractivity (Wildman–Crippen MR) is 71.8 cm³/mol. The molecule has 1 aromatic rings. The molecule has 17 heavy (non-hydrogen) atoms. The van der Waals surface area contributed by atoms with Crippen molar-refractivity contribution in [1.82, 2.24) is 0 Å². The summed E-state index contributed by atoms with van der Waals surface area (Å²) in [5, 5.41) is 0. The third kappa shape index (κ3) is 2.93. The minimum absolute atomic E-state index is 0.259. The van der Waals surface area contributed by atoms with Crippen LogP contribution >= 0.6 is 15.9 Å². The van der Waals surface area contributed by atoms with E-state index in [0.717, 1.165) is 34.4 Å². The molecule has 3 nitrogen and oxygen atoms in total. The lowest BCUT2D eigenvalue weighted by molar-refractivity contribution is 0.277. The summed E-state index contributed by atoms with van der Waals surface area (Å²) in [4.78, 5) is 0. The largest absolute Gasteiger partial charge is 0.493 e. The summed E-state index contributed by atoms with van der Waals surface area (Å²) < 4.78 is 12.3. The number of ether oxygens (including phenoxy) is 2. The van der Waals surface area contributed by atoms with Gasteiger partial charge in [-0.05, 0) is 37.4 Å². The lowest BCUT2D eigenvalue weighted by Crippen LogP contribution is -2.12. The maximum atomic E-state index is 5.96. The van der Waals surface area contributed by atoms with Gasteiger partial charge in [0.1, 0.15) is 0 Å². The Hall–Kier alpha value is -0.740. The molecule has 0 radical (unpaired) electrons. The van der Waals surface area contributed by atoms with Gasteiger partial charge in [-0.25, -0.2) is 0 Å². The van der Waals surface area contributed by atoms with Crippen molar-refractivity contribution in [1.29, 1.82) is 0 Å². The van der Waals surface area contributed by atoms with Crippen LogP contribution in [0.3, 0.4) is 0 Å². The monoisotopic (exact) mass is 299 g/mol. The first kappa shape index (κ1) is 12.7. The molecule has 2 N–H and O–H groups in total. The molecule has 1 saturated carbocycles. The molecule has 4 heteroatoms. The van der Waals surface area contributed by atoms with Crippen LogP contribution in [0.1, 0.15) is 31.2 Å². The van der Waals surface area contributed by atoms with Crippen molar-refractivity contribution in [2.75, 3.05) is 13.7 Å². The number of hydrogen-bond acceptors (Lipinski definition) is 3. The number of nitrogens with two attached hydrogens (primary N) is 1. The zero-order valence-corrected chi connectivity index (χ0v) is 11.8. The van der Waals surface area contributed by atoms with Gasteiger partial charge in [0.15, 0.2) is 11.5 Å². The molecule has 1 fully saturated rings. The highest BCUT2D eigenvalue weighted by molar-refractivity contribution is 9.10. The van der Waals surface area contributed by atoms with E-state index in [1.165, 1.54) is 0 Å². The van der Waals surface area contributed by atoms with Crippen molar-refractivity contribution >= 4 is 15.9 Å². The maximum Gasteiger partial charge on any atom is 0.165 e. The Labute approximate surface area is 110 Å². The van der Waals surface area contributed by atoms with E-state index >= 15 is 0 Å². The van der Waals surface area contributed by atoms with Crippen molar-refractivity contribution in [2.45, 2.75) is 31.8 Å². The summed E-state index contributed by atoms with van der Waals surface area (Å²) >= 11 is 3.49. The Balaban J connectivity index is 2.40. The van der Waals surface area contributed by atoms with Gasteiger partial charge in [-0.15, -0.1) is 0 Å². The van der Waals surface area contributed by atoms with Gasteiger partial charge in [0.05, 0.1) is 13.2 Å². The normalized spacial score (nSPS) is 16.7. The lowest BCUT2D eigenvalue weighted by Gasteiger charge is -2.19. The molecule has 0 amide bonds. The van der Waals surface area contributed by atoms with E-state index < -0.39 is 0 Å². The van der Waals surface area contributed by atoms with Gasteiger partial charge in [-0.2, -0.15) is 0 Å². The standard InChI is InChI=1S/C13H18BrNO2/c1-8(7-15)11-5-9(14)6-12(16-2)13(11)17-10-3-4-10/h5-6,8,10H,3-4,7,15H2,1-2H3. The number of hydrogen-bond donors (Lipinski definition) is 1. The van der Waals surface area contributed by atoms with Crippen molar-refractivity contribution in [3.05, 3.63) is 22.2 Å². The van der Waals surface area contributed by atoms with Crippen LogP contribution in [0.5, 0.6) is 11.5 Å². The molecular formula is C13H18BrNO2. The Morgan fingerprint density at radius 1 is 1.47 bits per heavy atom. The summed E-state index contributed by atoms with van der Waals surface area (Å²) in [7, 11) is 1.67. The molecule has 1 aromatic carbocycles. The number of halogens is 1. The van der Waals surface area contributed by atoms with Crippen molar-refractivity contribution in [2.24, 2.45) is 5.73 Å².